The number of esters is 1. The van der Waals surface area contributed by atoms with E-state index in [0.717, 1.165) is 0 Å². The molecule has 0 saturated heterocycles. The zero-order valence-electron chi connectivity index (χ0n) is 12.0. The van der Waals surface area contributed by atoms with Crippen molar-refractivity contribution in [1.29, 1.82) is 0 Å². The summed E-state index contributed by atoms with van der Waals surface area (Å²) in [5.41, 5.74) is -4.36. The fraction of sp³-hybridized carbons (Fsp3) is 0.357. The molecule has 0 saturated carbocycles. The normalized spacial score (nSPS) is 12.0. The van der Waals surface area contributed by atoms with Crippen LogP contribution in [0.4, 0.5) is 26.3 Å². The number of alkyl halides is 6. The number of ether oxygens (including phenoxy) is 1. The molecule has 1 aromatic rings. The first kappa shape index (κ1) is 19.7. The maximum Gasteiger partial charge on any atom is 0.416 e. The third-order valence-electron chi connectivity index (χ3n) is 2.73. The molecule has 0 atom stereocenters. The Hall–Kier alpha value is -2.39. The number of benzene rings is 1. The fourth-order valence-electron chi connectivity index (χ4n) is 1.65. The Morgan fingerprint density at radius 1 is 0.917 bits per heavy atom. The van der Waals surface area contributed by atoms with Crippen molar-refractivity contribution in [3.05, 3.63) is 34.9 Å². The molecule has 0 aromatic heterocycles. The van der Waals surface area contributed by atoms with Crippen LogP contribution in [0.3, 0.4) is 0 Å². The minimum absolute atomic E-state index is 0.149. The van der Waals surface area contributed by atoms with Crippen molar-refractivity contribution < 1.29 is 45.5 Å². The van der Waals surface area contributed by atoms with Gasteiger partial charge < -0.3 is 4.74 Å². The van der Waals surface area contributed by atoms with Crippen LogP contribution in [0.5, 0.6) is 0 Å². The van der Waals surface area contributed by atoms with Crippen molar-refractivity contribution in [2.75, 3.05) is 6.61 Å². The Kier molecular flexibility index (Phi) is 5.75. The van der Waals surface area contributed by atoms with Crippen molar-refractivity contribution in [2.45, 2.75) is 25.7 Å². The second-order valence-corrected chi connectivity index (χ2v) is 4.54. The molecular weight excluding hydrogens is 346 g/mol. The highest BCUT2D eigenvalue weighted by Gasteiger charge is 2.37. The van der Waals surface area contributed by atoms with Gasteiger partial charge in [0.05, 0.1) is 24.2 Å². The van der Waals surface area contributed by atoms with Gasteiger partial charge in [0.15, 0.2) is 5.78 Å². The highest BCUT2D eigenvalue weighted by molar-refractivity contribution is 6.38. The zero-order chi connectivity index (χ0) is 18.7. The predicted octanol–water partition coefficient (Wildman–Crippen LogP) is 3.43. The number of Topliss-reactive ketones (excluding diaryl/α,β-unsaturated/α-hetero) is 2. The number of carbonyl (C=O) groups is 3. The quantitative estimate of drug-likeness (QED) is 0.267. The summed E-state index contributed by atoms with van der Waals surface area (Å²) in [6.07, 6.45) is -11.4. The van der Waals surface area contributed by atoms with Crippen LogP contribution >= 0.6 is 0 Å². The molecule has 1 rings (SSSR count). The van der Waals surface area contributed by atoms with Gasteiger partial charge in [-0.05, 0) is 25.1 Å². The second kappa shape index (κ2) is 7.02. The van der Waals surface area contributed by atoms with Crippen LogP contribution in [-0.2, 0) is 26.7 Å². The maximum atomic E-state index is 12.7. The molecule has 0 unspecified atom stereocenters. The molecule has 0 bridgehead atoms. The second-order valence-electron chi connectivity index (χ2n) is 4.54. The Bertz CT molecular complexity index is 628. The first-order valence-electron chi connectivity index (χ1n) is 6.39. The largest absolute Gasteiger partial charge is 0.460 e. The van der Waals surface area contributed by atoms with Crippen LogP contribution in [0.2, 0.25) is 0 Å². The number of halogens is 6. The summed E-state index contributed by atoms with van der Waals surface area (Å²) in [6.45, 7) is 1.19. The first-order valence-corrected chi connectivity index (χ1v) is 6.39. The van der Waals surface area contributed by atoms with Gasteiger partial charge in [-0.2, -0.15) is 26.3 Å². The molecule has 0 radical (unpaired) electrons. The highest BCUT2D eigenvalue weighted by atomic mass is 19.4. The lowest BCUT2D eigenvalue weighted by Gasteiger charge is -2.13. The lowest BCUT2D eigenvalue weighted by atomic mass is 9.99. The van der Waals surface area contributed by atoms with Crippen LogP contribution in [0.15, 0.2) is 18.2 Å². The van der Waals surface area contributed by atoms with Crippen LogP contribution in [0.25, 0.3) is 0 Å². The van der Waals surface area contributed by atoms with Crippen LogP contribution in [0.1, 0.15) is 34.8 Å². The first-order chi connectivity index (χ1) is 10.9. The number of rotatable bonds is 5. The Morgan fingerprint density at radius 3 is 1.75 bits per heavy atom. The lowest BCUT2D eigenvalue weighted by Crippen LogP contribution is -2.21. The molecule has 0 fully saturated rings. The summed E-state index contributed by atoms with van der Waals surface area (Å²) in [5, 5.41) is 0. The summed E-state index contributed by atoms with van der Waals surface area (Å²) in [6, 6.07) is 0.232. The molecule has 0 spiro atoms. The van der Waals surface area contributed by atoms with Gasteiger partial charge in [-0.25, -0.2) is 4.79 Å². The van der Waals surface area contributed by atoms with E-state index in [1.54, 1.807) is 0 Å². The summed E-state index contributed by atoms with van der Waals surface area (Å²) < 4.78 is 80.3. The van der Waals surface area contributed by atoms with Gasteiger partial charge >= 0.3 is 18.3 Å². The number of hydrogen-bond acceptors (Lipinski definition) is 4. The number of hydrogen-bond donors (Lipinski definition) is 0. The summed E-state index contributed by atoms with van der Waals surface area (Å²) in [4.78, 5) is 34.2. The predicted molar refractivity (Wildman–Crippen MR) is 67.0 cm³/mol. The number of ketones is 2. The van der Waals surface area contributed by atoms with Crippen molar-refractivity contribution in [3.8, 4) is 0 Å². The SMILES string of the molecule is CCOC(=O)C(=O)CC(=O)c1cc(C(F)(F)F)cc(C(F)(F)F)c1. The minimum Gasteiger partial charge on any atom is -0.460 e. The summed E-state index contributed by atoms with van der Waals surface area (Å²) in [7, 11) is 0. The fourth-order valence-corrected chi connectivity index (χ4v) is 1.65. The minimum atomic E-state index is -5.12. The van der Waals surface area contributed by atoms with Crippen molar-refractivity contribution in [1.82, 2.24) is 0 Å². The van der Waals surface area contributed by atoms with E-state index >= 15 is 0 Å². The van der Waals surface area contributed by atoms with Gasteiger partial charge in [-0.15, -0.1) is 0 Å². The van der Waals surface area contributed by atoms with E-state index in [2.05, 4.69) is 4.74 Å². The van der Waals surface area contributed by atoms with Crippen molar-refractivity contribution >= 4 is 17.5 Å². The molecule has 0 aliphatic carbocycles. The van der Waals surface area contributed by atoms with Crippen molar-refractivity contribution in [3.63, 3.8) is 0 Å². The molecule has 0 heterocycles. The van der Waals surface area contributed by atoms with E-state index in [1.165, 1.54) is 6.92 Å². The van der Waals surface area contributed by atoms with Gasteiger partial charge in [0.1, 0.15) is 0 Å². The van der Waals surface area contributed by atoms with Gasteiger partial charge in [-0.3, -0.25) is 9.59 Å². The van der Waals surface area contributed by atoms with Gasteiger partial charge in [0, 0.05) is 5.56 Å². The standard InChI is InChI=1S/C14H10F6O4/c1-2-24-12(23)11(22)6-10(21)7-3-8(13(15,16)17)5-9(4-7)14(18,19)20/h3-5H,2,6H2,1H3. The average molecular weight is 356 g/mol. The summed E-state index contributed by atoms with van der Waals surface area (Å²) >= 11 is 0. The van der Waals surface area contributed by atoms with Gasteiger partial charge in [0.2, 0.25) is 5.78 Å². The molecule has 0 aliphatic heterocycles. The molecular formula is C14H10F6O4. The van der Waals surface area contributed by atoms with E-state index < -0.39 is 53.0 Å². The smallest absolute Gasteiger partial charge is 0.416 e. The van der Waals surface area contributed by atoms with Crippen LogP contribution < -0.4 is 0 Å². The molecule has 4 nitrogen and oxygen atoms in total. The molecule has 0 aliphatic rings. The van der Waals surface area contributed by atoms with E-state index in [0.29, 0.717) is 0 Å². The van der Waals surface area contributed by atoms with Crippen molar-refractivity contribution in [2.24, 2.45) is 0 Å². The third-order valence-corrected chi connectivity index (χ3v) is 2.73. The monoisotopic (exact) mass is 356 g/mol. The average Bonchev–Trinajstić information content (AvgIpc) is 2.45. The third kappa shape index (κ3) is 5.07. The van der Waals surface area contributed by atoms with E-state index in [9.17, 15) is 40.7 Å². The van der Waals surface area contributed by atoms with Gasteiger partial charge in [-0.1, -0.05) is 0 Å². The van der Waals surface area contributed by atoms with E-state index in [4.69, 9.17) is 0 Å². The topological polar surface area (TPSA) is 60.4 Å². The molecule has 132 valence electrons. The maximum absolute atomic E-state index is 12.7. The Morgan fingerprint density at radius 2 is 1.38 bits per heavy atom. The molecule has 10 heteroatoms. The number of carbonyl (C=O) groups excluding carboxylic acids is 3. The Balaban J connectivity index is 3.20. The molecule has 24 heavy (non-hydrogen) atoms. The van der Waals surface area contributed by atoms with E-state index in [-0.39, 0.29) is 24.8 Å². The van der Waals surface area contributed by atoms with Crippen LogP contribution in [-0.4, -0.2) is 24.1 Å². The summed E-state index contributed by atoms with van der Waals surface area (Å²) in [5.74, 6) is -4.12. The molecule has 0 N–H and O–H groups in total. The Labute approximate surface area is 131 Å². The lowest BCUT2D eigenvalue weighted by molar-refractivity contribution is -0.153. The van der Waals surface area contributed by atoms with Gasteiger partial charge in [0.25, 0.3) is 0 Å². The highest BCUT2D eigenvalue weighted by Crippen LogP contribution is 2.36. The zero-order valence-corrected chi connectivity index (χ0v) is 12.0. The molecule has 0 amide bonds. The van der Waals surface area contributed by atoms with E-state index in [1.807, 2.05) is 0 Å². The molecule has 1 aromatic carbocycles. The van der Waals surface area contributed by atoms with Crippen LogP contribution in [0, 0.1) is 0 Å².